The van der Waals surface area contributed by atoms with Crippen LogP contribution in [0.15, 0.2) is 24.3 Å². The molecule has 1 aromatic carbocycles. The Bertz CT molecular complexity index is 373. The molecule has 16 heavy (non-hydrogen) atoms. The molecule has 0 atom stereocenters. The molecule has 1 amide bonds. The fourth-order valence-electron chi connectivity index (χ4n) is 1.21. The summed E-state index contributed by atoms with van der Waals surface area (Å²) in [6.45, 7) is 4.18. The van der Waals surface area contributed by atoms with Crippen LogP contribution in [0.25, 0.3) is 0 Å². The van der Waals surface area contributed by atoms with Crippen molar-refractivity contribution in [2.24, 2.45) is 5.73 Å². The van der Waals surface area contributed by atoms with E-state index in [1.807, 2.05) is 12.1 Å². The Morgan fingerprint density at radius 2 is 1.81 bits per heavy atom. The zero-order valence-electron chi connectivity index (χ0n) is 9.28. The number of hydrogen-bond donors (Lipinski definition) is 3. The van der Waals surface area contributed by atoms with Gasteiger partial charge in [0, 0.05) is 5.56 Å². The number of nitrogens with one attached hydrogen (secondary N) is 2. The largest absolute Gasteiger partial charge is 0.370 e. The third-order valence-electron chi connectivity index (χ3n) is 2.09. The van der Waals surface area contributed by atoms with Crippen molar-refractivity contribution in [2.75, 3.05) is 0 Å². The standard InChI is InChI=1S/C11H15N3O.ClH/c1-7(2)8-3-5-9(6-4-8)10(15)14-11(12)13;/h3-7H,1-2H3,(H4,12,13,14,15);1H. The molecule has 0 saturated carbocycles. The molecule has 0 aliphatic carbocycles. The maximum absolute atomic E-state index is 11.4. The summed E-state index contributed by atoms with van der Waals surface area (Å²) in [5.74, 6) is -0.249. The van der Waals surface area contributed by atoms with E-state index in [2.05, 4.69) is 19.2 Å². The van der Waals surface area contributed by atoms with Gasteiger partial charge in [0.05, 0.1) is 0 Å². The highest BCUT2D eigenvalue weighted by Gasteiger charge is 2.06. The second-order valence-electron chi connectivity index (χ2n) is 3.64. The third-order valence-corrected chi connectivity index (χ3v) is 2.09. The fraction of sp³-hybridized carbons (Fsp3) is 0.273. The number of guanidine groups is 1. The van der Waals surface area contributed by atoms with Crippen molar-refractivity contribution in [3.8, 4) is 0 Å². The Balaban J connectivity index is 0.00000225. The van der Waals surface area contributed by atoms with Gasteiger partial charge in [0.15, 0.2) is 5.96 Å². The second-order valence-corrected chi connectivity index (χ2v) is 3.64. The van der Waals surface area contributed by atoms with Crippen molar-refractivity contribution in [1.29, 1.82) is 5.41 Å². The third kappa shape index (κ3) is 3.90. The predicted molar refractivity (Wildman–Crippen MR) is 67.2 cm³/mol. The van der Waals surface area contributed by atoms with Crippen LogP contribution in [0.4, 0.5) is 0 Å². The lowest BCUT2D eigenvalue weighted by Crippen LogP contribution is -2.35. The lowest BCUT2D eigenvalue weighted by molar-refractivity contribution is 0.0976. The topological polar surface area (TPSA) is 79.0 Å². The van der Waals surface area contributed by atoms with Gasteiger partial charge in [-0.25, -0.2) is 0 Å². The average molecular weight is 242 g/mol. The normalized spacial score (nSPS) is 9.44. The number of rotatable bonds is 2. The van der Waals surface area contributed by atoms with Crippen molar-refractivity contribution in [3.63, 3.8) is 0 Å². The molecule has 0 heterocycles. The first-order chi connectivity index (χ1) is 7.00. The SMILES string of the molecule is CC(C)c1ccc(C(=O)NC(=N)N)cc1.Cl. The van der Waals surface area contributed by atoms with Crippen LogP contribution < -0.4 is 11.1 Å². The molecule has 4 nitrogen and oxygen atoms in total. The molecule has 0 fully saturated rings. The first kappa shape index (κ1) is 14.5. The van der Waals surface area contributed by atoms with Crippen LogP contribution in [-0.2, 0) is 0 Å². The van der Waals surface area contributed by atoms with Crippen molar-refractivity contribution in [1.82, 2.24) is 5.32 Å². The zero-order chi connectivity index (χ0) is 11.4. The summed E-state index contributed by atoms with van der Waals surface area (Å²) in [6.07, 6.45) is 0. The van der Waals surface area contributed by atoms with E-state index >= 15 is 0 Å². The van der Waals surface area contributed by atoms with Crippen LogP contribution in [0.1, 0.15) is 35.7 Å². The lowest BCUT2D eigenvalue weighted by atomic mass is 10.0. The highest BCUT2D eigenvalue weighted by atomic mass is 35.5. The van der Waals surface area contributed by atoms with Gasteiger partial charge in [-0.15, -0.1) is 12.4 Å². The summed E-state index contributed by atoms with van der Waals surface area (Å²) in [6, 6.07) is 7.26. The molecule has 0 bridgehead atoms. The van der Waals surface area contributed by atoms with E-state index in [-0.39, 0.29) is 24.3 Å². The summed E-state index contributed by atoms with van der Waals surface area (Å²) in [5.41, 5.74) is 6.74. The van der Waals surface area contributed by atoms with Gasteiger partial charge in [-0.2, -0.15) is 0 Å². The number of amides is 1. The quantitative estimate of drug-likeness (QED) is 0.546. The molecule has 1 rings (SSSR count). The monoisotopic (exact) mass is 241 g/mol. The second kappa shape index (κ2) is 6.12. The van der Waals surface area contributed by atoms with E-state index in [4.69, 9.17) is 11.1 Å². The van der Waals surface area contributed by atoms with Crippen LogP contribution in [-0.4, -0.2) is 11.9 Å². The Kier molecular flexibility index (Phi) is 5.53. The van der Waals surface area contributed by atoms with E-state index in [9.17, 15) is 4.79 Å². The van der Waals surface area contributed by atoms with Crippen molar-refractivity contribution >= 4 is 24.3 Å². The summed E-state index contributed by atoms with van der Waals surface area (Å²) in [4.78, 5) is 11.4. The number of carbonyl (C=O) groups excluding carboxylic acids is 1. The first-order valence-electron chi connectivity index (χ1n) is 4.76. The molecule has 0 aliphatic rings. The van der Waals surface area contributed by atoms with Gasteiger partial charge in [0.2, 0.25) is 0 Å². The molecule has 4 N–H and O–H groups in total. The minimum absolute atomic E-state index is 0. The number of halogens is 1. The number of carbonyl (C=O) groups is 1. The van der Waals surface area contributed by atoms with E-state index in [1.54, 1.807) is 12.1 Å². The zero-order valence-corrected chi connectivity index (χ0v) is 10.1. The van der Waals surface area contributed by atoms with Gasteiger partial charge in [-0.05, 0) is 23.6 Å². The van der Waals surface area contributed by atoms with Gasteiger partial charge in [-0.1, -0.05) is 26.0 Å². The Morgan fingerprint density at radius 1 is 1.31 bits per heavy atom. The molecule has 1 aromatic rings. The summed E-state index contributed by atoms with van der Waals surface area (Å²) in [7, 11) is 0. The molecule has 0 aliphatic heterocycles. The van der Waals surface area contributed by atoms with Crippen LogP contribution >= 0.6 is 12.4 Å². The van der Waals surface area contributed by atoms with Gasteiger partial charge in [-0.3, -0.25) is 15.5 Å². The average Bonchev–Trinajstić information content (AvgIpc) is 2.17. The van der Waals surface area contributed by atoms with E-state index in [1.165, 1.54) is 5.56 Å². The Morgan fingerprint density at radius 3 is 2.19 bits per heavy atom. The molecule has 5 heteroatoms. The van der Waals surface area contributed by atoms with Crippen molar-refractivity contribution in [3.05, 3.63) is 35.4 Å². The van der Waals surface area contributed by atoms with Gasteiger partial charge >= 0.3 is 0 Å². The summed E-state index contributed by atoms with van der Waals surface area (Å²) < 4.78 is 0. The van der Waals surface area contributed by atoms with Crippen molar-refractivity contribution in [2.45, 2.75) is 19.8 Å². The highest BCUT2D eigenvalue weighted by molar-refractivity contribution is 6.04. The minimum Gasteiger partial charge on any atom is -0.370 e. The predicted octanol–water partition coefficient (Wildman–Crippen LogP) is 1.86. The van der Waals surface area contributed by atoms with Crippen LogP contribution in [0.5, 0.6) is 0 Å². The lowest BCUT2D eigenvalue weighted by Gasteiger charge is -2.06. The van der Waals surface area contributed by atoms with Crippen LogP contribution in [0.2, 0.25) is 0 Å². The minimum atomic E-state index is -0.349. The van der Waals surface area contributed by atoms with Crippen LogP contribution in [0.3, 0.4) is 0 Å². The first-order valence-corrected chi connectivity index (χ1v) is 4.76. The molecule has 0 saturated heterocycles. The molecular weight excluding hydrogens is 226 g/mol. The van der Waals surface area contributed by atoms with Gasteiger partial charge in [0.1, 0.15) is 0 Å². The fourth-order valence-corrected chi connectivity index (χ4v) is 1.21. The molecule has 0 aromatic heterocycles. The van der Waals surface area contributed by atoms with E-state index < -0.39 is 0 Å². The smallest absolute Gasteiger partial charge is 0.257 e. The van der Waals surface area contributed by atoms with Gasteiger partial charge in [0.25, 0.3) is 5.91 Å². The highest BCUT2D eigenvalue weighted by Crippen LogP contribution is 2.14. The molecule has 0 radical (unpaired) electrons. The van der Waals surface area contributed by atoms with E-state index in [0.29, 0.717) is 11.5 Å². The molecule has 88 valence electrons. The van der Waals surface area contributed by atoms with Crippen LogP contribution in [0, 0.1) is 5.41 Å². The molecular formula is C11H16ClN3O. The number of benzene rings is 1. The number of nitrogens with two attached hydrogens (primary N) is 1. The summed E-state index contributed by atoms with van der Waals surface area (Å²) in [5, 5.41) is 9.16. The Hall–Kier alpha value is -1.55. The van der Waals surface area contributed by atoms with Gasteiger partial charge < -0.3 is 5.73 Å². The Labute approximate surface area is 101 Å². The van der Waals surface area contributed by atoms with E-state index in [0.717, 1.165) is 0 Å². The summed E-state index contributed by atoms with van der Waals surface area (Å²) >= 11 is 0. The maximum atomic E-state index is 11.4. The maximum Gasteiger partial charge on any atom is 0.257 e. The number of hydrogen-bond acceptors (Lipinski definition) is 2. The molecule has 0 unspecified atom stereocenters. The molecule has 0 spiro atoms. The van der Waals surface area contributed by atoms with Crippen molar-refractivity contribution < 1.29 is 4.79 Å².